The highest BCUT2D eigenvalue weighted by Crippen LogP contribution is 2.00. The molecule has 0 aromatic carbocycles. The molecule has 0 fully saturated rings. The maximum absolute atomic E-state index is 11.1. The lowest BCUT2D eigenvalue weighted by molar-refractivity contribution is -0.163. The maximum Gasteiger partial charge on any atom is 0.332 e. The highest BCUT2D eigenvalue weighted by molar-refractivity contribution is 5.81. The van der Waals surface area contributed by atoms with E-state index < -0.39 is 6.29 Å². The van der Waals surface area contributed by atoms with Crippen LogP contribution in [0.15, 0.2) is 12.2 Å². The summed E-state index contributed by atoms with van der Waals surface area (Å²) in [6.45, 7) is 3.83. The van der Waals surface area contributed by atoms with E-state index in [1.807, 2.05) is 6.08 Å². The zero-order chi connectivity index (χ0) is 10.8. The number of rotatable bonds is 7. The molecule has 1 atom stereocenters. The van der Waals surface area contributed by atoms with E-state index in [1.165, 1.54) is 26.0 Å². The summed E-state index contributed by atoms with van der Waals surface area (Å²) in [4.78, 5) is 11.1. The van der Waals surface area contributed by atoms with E-state index in [2.05, 4.69) is 6.92 Å². The molecular formula is C11H20O3. The summed E-state index contributed by atoms with van der Waals surface area (Å²) < 4.78 is 9.65. The van der Waals surface area contributed by atoms with Crippen molar-refractivity contribution in [3.05, 3.63) is 12.2 Å². The van der Waals surface area contributed by atoms with Crippen molar-refractivity contribution in [2.75, 3.05) is 7.11 Å². The normalized spacial score (nSPS) is 13.1. The number of methoxy groups -OCH3 is 1. The fraction of sp³-hybridized carbons (Fsp3) is 0.727. The van der Waals surface area contributed by atoms with Crippen LogP contribution in [-0.4, -0.2) is 19.4 Å². The van der Waals surface area contributed by atoms with Crippen LogP contribution in [0.4, 0.5) is 0 Å². The smallest absolute Gasteiger partial charge is 0.332 e. The van der Waals surface area contributed by atoms with Gasteiger partial charge in [0.25, 0.3) is 0 Å². The van der Waals surface area contributed by atoms with Gasteiger partial charge >= 0.3 is 5.97 Å². The second-order valence-corrected chi connectivity index (χ2v) is 3.14. The molecule has 0 aliphatic rings. The quantitative estimate of drug-likeness (QED) is 0.274. The van der Waals surface area contributed by atoms with Crippen molar-refractivity contribution in [2.45, 2.75) is 45.8 Å². The molecule has 0 aromatic heterocycles. The Bertz CT molecular complexity index is 175. The summed E-state index contributed by atoms with van der Waals surface area (Å²) >= 11 is 0. The number of hydrogen-bond donors (Lipinski definition) is 0. The highest BCUT2D eigenvalue weighted by atomic mass is 16.7. The van der Waals surface area contributed by atoms with Crippen LogP contribution in [0.3, 0.4) is 0 Å². The summed E-state index contributed by atoms with van der Waals surface area (Å²) in [7, 11) is 1.50. The average molecular weight is 200 g/mol. The Hall–Kier alpha value is -0.830. The Balaban J connectivity index is 3.50. The first-order valence-electron chi connectivity index (χ1n) is 5.10. The first kappa shape index (κ1) is 13.2. The third-order valence-electron chi connectivity index (χ3n) is 1.84. The van der Waals surface area contributed by atoms with Crippen LogP contribution in [-0.2, 0) is 14.3 Å². The van der Waals surface area contributed by atoms with Gasteiger partial charge in [0.2, 0.25) is 0 Å². The third kappa shape index (κ3) is 7.80. The summed E-state index contributed by atoms with van der Waals surface area (Å²) in [6.07, 6.45) is 7.30. The van der Waals surface area contributed by atoms with Crippen molar-refractivity contribution in [1.29, 1.82) is 0 Å². The zero-order valence-corrected chi connectivity index (χ0v) is 9.29. The van der Waals surface area contributed by atoms with Crippen LogP contribution in [0.5, 0.6) is 0 Å². The molecule has 0 spiro atoms. The summed E-state index contributed by atoms with van der Waals surface area (Å²) in [5.41, 5.74) is 0. The highest BCUT2D eigenvalue weighted by Gasteiger charge is 2.02. The molecule has 0 heterocycles. The standard InChI is InChI=1S/C11H20O3/c1-4-5-6-7-8-9-11(12)14-10(2)13-3/h8-10H,4-7H2,1-3H3. The number of hydrogen-bond acceptors (Lipinski definition) is 3. The molecule has 3 heteroatoms. The van der Waals surface area contributed by atoms with Crippen LogP contribution in [0.2, 0.25) is 0 Å². The molecular weight excluding hydrogens is 180 g/mol. The average Bonchev–Trinajstić information content (AvgIpc) is 2.17. The summed E-state index contributed by atoms with van der Waals surface area (Å²) in [5.74, 6) is -0.337. The molecule has 0 saturated heterocycles. The van der Waals surface area contributed by atoms with E-state index in [9.17, 15) is 4.79 Å². The molecule has 1 unspecified atom stereocenters. The Morgan fingerprint density at radius 3 is 2.71 bits per heavy atom. The van der Waals surface area contributed by atoms with E-state index in [-0.39, 0.29) is 5.97 Å². The van der Waals surface area contributed by atoms with Crippen molar-refractivity contribution >= 4 is 5.97 Å². The van der Waals surface area contributed by atoms with Crippen LogP contribution in [0, 0.1) is 0 Å². The first-order valence-corrected chi connectivity index (χ1v) is 5.10. The first-order chi connectivity index (χ1) is 6.70. The molecule has 0 aliphatic carbocycles. The SMILES string of the molecule is CCCCCC=CC(=O)OC(C)OC. The summed E-state index contributed by atoms with van der Waals surface area (Å²) in [5, 5.41) is 0. The topological polar surface area (TPSA) is 35.5 Å². The number of unbranched alkanes of at least 4 members (excludes halogenated alkanes) is 3. The minimum atomic E-state index is -0.470. The van der Waals surface area contributed by atoms with Crippen LogP contribution in [0.25, 0.3) is 0 Å². The number of esters is 1. The van der Waals surface area contributed by atoms with Gasteiger partial charge in [-0.3, -0.25) is 0 Å². The largest absolute Gasteiger partial charge is 0.433 e. The van der Waals surface area contributed by atoms with Crippen LogP contribution in [0.1, 0.15) is 39.5 Å². The Morgan fingerprint density at radius 2 is 2.14 bits per heavy atom. The van der Waals surface area contributed by atoms with Gasteiger partial charge in [-0.25, -0.2) is 4.79 Å². The van der Waals surface area contributed by atoms with Gasteiger partial charge in [-0.2, -0.15) is 0 Å². The lowest BCUT2D eigenvalue weighted by Crippen LogP contribution is -2.14. The van der Waals surface area contributed by atoms with Crippen molar-refractivity contribution in [2.24, 2.45) is 0 Å². The monoisotopic (exact) mass is 200 g/mol. The predicted molar refractivity (Wildman–Crippen MR) is 55.8 cm³/mol. The van der Waals surface area contributed by atoms with Crippen LogP contribution >= 0.6 is 0 Å². The van der Waals surface area contributed by atoms with E-state index >= 15 is 0 Å². The molecule has 0 amide bonds. The molecule has 0 rings (SSSR count). The molecule has 0 aromatic rings. The van der Waals surface area contributed by atoms with Crippen molar-refractivity contribution in [1.82, 2.24) is 0 Å². The lowest BCUT2D eigenvalue weighted by atomic mass is 10.2. The number of allylic oxidation sites excluding steroid dienone is 1. The van der Waals surface area contributed by atoms with Gasteiger partial charge in [0.15, 0.2) is 6.29 Å². The maximum atomic E-state index is 11.1. The second kappa shape index (κ2) is 8.75. The predicted octanol–water partition coefficient (Wildman–Crippen LogP) is 2.66. The Morgan fingerprint density at radius 1 is 1.43 bits per heavy atom. The van der Waals surface area contributed by atoms with E-state index in [4.69, 9.17) is 9.47 Å². The molecule has 3 nitrogen and oxygen atoms in total. The van der Waals surface area contributed by atoms with E-state index in [1.54, 1.807) is 6.92 Å². The van der Waals surface area contributed by atoms with E-state index in [0.717, 1.165) is 12.8 Å². The Labute approximate surface area is 86.1 Å². The van der Waals surface area contributed by atoms with Gasteiger partial charge in [-0.15, -0.1) is 0 Å². The molecule has 0 saturated carbocycles. The molecule has 0 radical (unpaired) electrons. The van der Waals surface area contributed by atoms with Gasteiger partial charge in [-0.05, 0) is 19.8 Å². The fourth-order valence-corrected chi connectivity index (χ4v) is 0.943. The number of carbonyl (C=O) groups excluding carboxylic acids is 1. The van der Waals surface area contributed by atoms with Gasteiger partial charge < -0.3 is 9.47 Å². The second-order valence-electron chi connectivity index (χ2n) is 3.14. The fourth-order valence-electron chi connectivity index (χ4n) is 0.943. The Kier molecular flexibility index (Phi) is 8.24. The number of ether oxygens (including phenoxy) is 2. The van der Waals surface area contributed by atoms with Crippen molar-refractivity contribution in [3.8, 4) is 0 Å². The van der Waals surface area contributed by atoms with Crippen molar-refractivity contribution in [3.63, 3.8) is 0 Å². The molecule has 0 N–H and O–H groups in total. The summed E-state index contributed by atoms with van der Waals surface area (Å²) in [6, 6.07) is 0. The van der Waals surface area contributed by atoms with Crippen molar-refractivity contribution < 1.29 is 14.3 Å². The van der Waals surface area contributed by atoms with Gasteiger partial charge in [-0.1, -0.05) is 25.8 Å². The van der Waals surface area contributed by atoms with Gasteiger partial charge in [0.05, 0.1) is 0 Å². The third-order valence-corrected chi connectivity index (χ3v) is 1.84. The molecule has 0 aliphatic heterocycles. The molecule has 82 valence electrons. The van der Waals surface area contributed by atoms with E-state index in [0.29, 0.717) is 0 Å². The lowest BCUT2D eigenvalue weighted by Gasteiger charge is -2.08. The minimum Gasteiger partial charge on any atom is -0.433 e. The van der Waals surface area contributed by atoms with Gasteiger partial charge in [0, 0.05) is 13.2 Å². The minimum absolute atomic E-state index is 0.337. The zero-order valence-electron chi connectivity index (χ0n) is 9.29. The number of carbonyl (C=O) groups is 1. The van der Waals surface area contributed by atoms with Crippen LogP contribution < -0.4 is 0 Å². The van der Waals surface area contributed by atoms with Gasteiger partial charge in [0.1, 0.15) is 0 Å². The molecule has 0 bridgehead atoms. The molecule has 14 heavy (non-hydrogen) atoms.